The quantitative estimate of drug-likeness (QED) is 0.252. The number of aromatic nitrogens is 3. The van der Waals surface area contributed by atoms with Gasteiger partial charge in [0.25, 0.3) is 5.69 Å². The molecule has 5 rings (SSSR count). The summed E-state index contributed by atoms with van der Waals surface area (Å²) in [5.74, 6) is 0.463. The lowest BCUT2D eigenvalue weighted by Gasteiger charge is -2.24. The average Bonchev–Trinajstić information content (AvgIpc) is 3.52. The number of hydrogen-bond acceptors (Lipinski definition) is 10. The number of fused-ring (bicyclic) bond motifs is 2. The van der Waals surface area contributed by atoms with Crippen molar-refractivity contribution in [3.05, 3.63) is 58.0 Å². The number of benzene rings is 1. The van der Waals surface area contributed by atoms with Gasteiger partial charge < -0.3 is 24.8 Å². The van der Waals surface area contributed by atoms with Gasteiger partial charge in [0, 0.05) is 56.1 Å². The first kappa shape index (κ1) is 28.4. The maximum atomic E-state index is 13.4. The highest BCUT2D eigenvalue weighted by Gasteiger charge is 2.46. The number of nitrogens with one attached hydrogen (secondary N) is 1. The molecule has 0 amide bonds. The van der Waals surface area contributed by atoms with Gasteiger partial charge in [0.15, 0.2) is 5.75 Å². The molecule has 0 radical (unpaired) electrons. The molecule has 0 bridgehead atoms. The summed E-state index contributed by atoms with van der Waals surface area (Å²) in [6.07, 6.45) is 5.96. The predicted octanol–water partition coefficient (Wildman–Crippen LogP) is 5.39. The standard InChI is InChI=1S/C28H34F2N8O3/c1-18-7-8-20-25(32-18)28(10-5-6-11-28)17-37(20)24-9-12-31-27(34-24)33-19-15-22(38(39)40)21(16-23(19)41-26(29)30)36(4)14-13-35(2)3/h7-9,12,15-16,26H,5-6,10-11,13-14,17H2,1-4H3,(H,31,33,34). The molecule has 1 N–H and O–H groups in total. The van der Waals surface area contributed by atoms with E-state index in [1.807, 2.05) is 32.0 Å². The number of pyridine rings is 1. The number of anilines is 5. The van der Waals surface area contributed by atoms with Crippen molar-refractivity contribution in [2.45, 2.75) is 44.6 Å². The van der Waals surface area contributed by atoms with Crippen LogP contribution in [-0.4, -0.2) is 72.2 Å². The first-order valence-corrected chi connectivity index (χ1v) is 13.6. The third-order valence-corrected chi connectivity index (χ3v) is 7.78. The zero-order valence-corrected chi connectivity index (χ0v) is 23.6. The van der Waals surface area contributed by atoms with Crippen LogP contribution in [0.4, 0.5) is 43.3 Å². The molecule has 1 saturated carbocycles. The van der Waals surface area contributed by atoms with E-state index in [0.29, 0.717) is 18.9 Å². The van der Waals surface area contributed by atoms with E-state index < -0.39 is 11.5 Å². The third kappa shape index (κ3) is 5.85. The van der Waals surface area contributed by atoms with Crippen LogP contribution < -0.4 is 19.9 Å². The lowest BCUT2D eigenvalue weighted by atomic mass is 9.84. The normalized spacial score (nSPS) is 15.6. The molecule has 1 aliphatic carbocycles. The number of hydrogen-bond donors (Lipinski definition) is 1. The van der Waals surface area contributed by atoms with Gasteiger partial charge in [0.2, 0.25) is 5.95 Å². The summed E-state index contributed by atoms with van der Waals surface area (Å²) < 4.78 is 31.6. The summed E-state index contributed by atoms with van der Waals surface area (Å²) in [6.45, 7) is 0.627. The zero-order chi connectivity index (χ0) is 29.3. The average molecular weight is 569 g/mol. The van der Waals surface area contributed by atoms with E-state index in [0.717, 1.165) is 49.3 Å². The molecule has 1 spiro atoms. The van der Waals surface area contributed by atoms with Crippen molar-refractivity contribution >= 4 is 34.5 Å². The fraction of sp³-hybridized carbons (Fsp3) is 0.464. The molecule has 2 aromatic heterocycles. The number of nitro benzene ring substituents is 1. The monoisotopic (exact) mass is 568 g/mol. The number of likely N-dealkylation sites (N-methyl/N-ethyl adjacent to an activating group) is 2. The molecular weight excluding hydrogens is 534 g/mol. The zero-order valence-electron chi connectivity index (χ0n) is 23.6. The summed E-state index contributed by atoms with van der Waals surface area (Å²) in [5.41, 5.74) is 2.87. The number of nitrogens with zero attached hydrogens (tertiary/aromatic N) is 7. The molecule has 0 atom stereocenters. The molecule has 1 aromatic carbocycles. The Morgan fingerprint density at radius 3 is 2.59 bits per heavy atom. The van der Waals surface area contributed by atoms with Crippen LogP contribution in [0, 0.1) is 17.0 Å². The minimum atomic E-state index is -3.14. The van der Waals surface area contributed by atoms with E-state index in [9.17, 15) is 18.9 Å². The van der Waals surface area contributed by atoms with Crippen LogP contribution in [-0.2, 0) is 5.41 Å². The van der Waals surface area contributed by atoms with Crippen molar-refractivity contribution in [2.24, 2.45) is 0 Å². The van der Waals surface area contributed by atoms with Crippen LogP contribution >= 0.6 is 0 Å². The van der Waals surface area contributed by atoms with Gasteiger partial charge in [-0.15, -0.1) is 0 Å². The molecule has 3 aromatic rings. The topological polar surface area (TPSA) is 113 Å². The summed E-state index contributed by atoms with van der Waals surface area (Å²) in [7, 11) is 5.42. The highest BCUT2D eigenvalue weighted by Crippen LogP contribution is 2.51. The van der Waals surface area contributed by atoms with Crippen LogP contribution in [0.15, 0.2) is 36.5 Å². The molecule has 3 heterocycles. The lowest BCUT2D eigenvalue weighted by Crippen LogP contribution is -2.29. The highest BCUT2D eigenvalue weighted by molar-refractivity contribution is 5.77. The minimum absolute atomic E-state index is 0.0345. The van der Waals surface area contributed by atoms with Crippen molar-refractivity contribution in [2.75, 3.05) is 55.9 Å². The predicted molar refractivity (Wildman–Crippen MR) is 153 cm³/mol. The highest BCUT2D eigenvalue weighted by atomic mass is 19.3. The third-order valence-electron chi connectivity index (χ3n) is 7.78. The van der Waals surface area contributed by atoms with Gasteiger partial charge in [-0.25, -0.2) is 4.98 Å². The van der Waals surface area contributed by atoms with Crippen LogP contribution in [0.2, 0.25) is 0 Å². The van der Waals surface area contributed by atoms with Gasteiger partial charge in [-0.05, 0) is 52.1 Å². The van der Waals surface area contributed by atoms with E-state index >= 15 is 0 Å². The summed E-state index contributed by atoms with van der Waals surface area (Å²) >= 11 is 0. The van der Waals surface area contributed by atoms with Gasteiger partial charge >= 0.3 is 6.61 Å². The Morgan fingerprint density at radius 2 is 1.90 bits per heavy atom. The van der Waals surface area contributed by atoms with Crippen molar-refractivity contribution in [3.8, 4) is 5.75 Å². The van der Waals surface area contributed by atoms with E-state index in [1.165, 1.54) is 12.1 Å². The summed E-state index contributed by atoms with van der Waals surface area (Å²) in [5, 5.41) is 14.9. The van der Waals surface area contributed by atoms with Gasteiger partial charge in [-0.1, -0.05) is 12.8 Å². The second-order valence-electron chi connectivity index (χ2n) is 11.0. The Hall–Kier alpha value is -4.13. The number of nitro groups is 1. The molecule has 13 heteroatoms. The molecule has 11 nitrogen and oxygen atoms in total. The van der Waals surface area contributed by atoms with Crippen molar-refractivity contribution < 1.29 is 18.4 Å². The number of aryl methyl sites for hydroxylation is 1. The van der Waals surface area contributed by atoms with Crippen LogP contribution in [0.25, 0.3) is 0 Å². The van der Waals surface area contributed by atoms with E-state index in [-0.39, 0.29) is 34.2 Å². The smallest absolute Gasteiger partial charge is 0.387 e. The van der Waals surface area contributed by atoms with Crippen molar-refractivity contribution in [1.29, 1.82) is 0 Å². The Labute approximate surface area is 237 Å². The number of ether oxygens (including phenoxy) is 1. The van der Waals surface area contributed by atoms with Gasteiger partial charge in [0.05, 0.1) is 22.0 Å². The van der Waals surface area contributed by atoms with Gasteiger partial charge in [0.1, 0.15) is 11.5 Å². The molecule has 1 aliphatic heterocycles. The molecule has 218 valence electrons. The second-order valence-corrected chi connectivity index (χ2v) is 11.0. The Bertz CT molecular complexity index is 1430. The molecule has 41 heavy (non-hydrogen) atoms. The van der Waals surface area contributed by atoms with Gasteiger partial charge in [-0.3, -0.25) is 15.1 Å². The van der Waals surface area contributed by atoms with Crippen molar-refractivity contribution in [3.63, 3.8) is 0 Å². The van der Waals surface area contributed by atoms with Crippen LogP contribution in [0.3, 0.4) is 0 Å². The van der Waals surface area contributed by atoms with E-state index in [1.54, 1.807) is 24.2 Å². The van der Waals surface area contributed by atoms with Crippen LogP contribution in [0.5, 0.6) is 5.75 Å². The molecular formula is C28H34F2N8O3. The Kier molecular flexibility index (Phi) is 7.89. The summed E-state index contributed by atoms with van der Waals surface area (Å²) in [6, 6.07) is 8.25. The number of halogens is 2. The summed E-state index contributed by atoms with van der Waals surface area (Å²) in [4.78, 5) is 31.0. The fourth-order valence-electron chi connectivity index (χ4n) is 5.72. The largest absolute Gasteiger partial charge is 0.433 e. The maximum absolute atomic E-state index is 13.4. The SMILES string of the molecule is Cc1ccc2c(n1)C1(CCCC1)CN2c1ccnc(Nc2cc([N+](=O)[O-])c(N(C)CCN(C)C)cc2OC(F)F)n1. The Balaban J connectivity index is 1.49. The molecule has 2 aliphatic rings. The first-order chi connectivity index (χ1) is 19.6. The lowest BCUT2D eigenvalue weighted by molar-refractivity contribution is -0.384. The maximum Gasteiger partial charge on any atom is 0.387 e. The molecule has 0 unspecified atom stereocenters. The minimum Gasteiger partial charge on any atom is -0.433 e. The van der Waals surface area contributed by atoms with Crippen LogP contribution in [0.1, 0.15) is 37.1 Å². The fourth-order valence-corrected chi connectivity index (χ4v) is 5.72. The van der Waals surface area contributed by atoms with E-state index in [4.69, 9.17) is 9.72 Å². The van der Waals surface area contributed by atoms with Gasteiger partial charge in [-0.2, -0.15) is 13.8 Å². The number of alkyl halides is 2. The second kappa shape index (κ2) is 11.4. The molecule has 0 saturated heterocycles. The molecule has 1 fully saturated rings. The van der Waals surface area contributed by atoms with E-state index in [2.05, 4.69) is 26.3 Å². The number of rotatable bonds is 10. The Morgan fingerprint density at radius 1 is 1.15 bits per heavy atom. The first-order valence-electron chi connectivity index (χ1n) is 13.6. The van der Waals surface area contributed by atoms with Crippen molar-refractivity contribution in [1.82, 2.24) is 19.9 Å².